The molecule has 10 heteroatoms. The van der Waals surface area contributed by atoms with E-state index < -0.39 is 6.67 Å². The van der Waals surface area contributed by atoms with Gasteiger partial charge in [0, 0.05) is 17.1 Å². The van der Waals surface area contributed by atoms with Crippen LogP contribution in [0.15, 0.2) is 36.7 Å². The number of carbonyl (C=O) groups is 1. The molecule has 1 fully saturated rings. The van der Waals surface area contributed by atoms with Crippen molar-refractivity contribution in [2.75, 3.05) is 37.6 Å². The zero-order valence-corrected chi connectivity index (χ0v) is 18.2. The van der Waals surface area contributed by atoms with Gasteiger partial charge in [0.2, 0.25) is 5.91 Å². The second kappa shape index (κ2) is 9.97. The first-order valence-corrected chi connectivity index (χ1v) is 10.6. The van der Waals surface area contributed by atoms with E-state index in [4.69, 9.17) is 21.1 Å². The fraction of sp³-hybridized carbons (Fsp3) is 0.318. The van der Waals surface area contributed by atoms with Gasteiger partial charge in [0.25, 0.3) is 0 Å². The first-order valence-electron chi connectivity index (χ1n) is 10.2. The molecule has 0 bridgehead atoms. The quantitative estimate of drug-likeness (QED) is 0.467. The van der Waals surface area contributed by atoms with Crippen molar-refractivity contribution in [2.24, 2.45) is 0 Å². The molecule has 3 N–H and O–H groups in total. The Morgan fingerprint density at radius 1 is 1.28 bits per heavy atom. The fourth-order valence-electron chi connectivity index (χ4n) is 3.56. The summed E-state index contributed by atoms with van der Waals surface area (Å²) in [6.45, 7) is 0.174. The molecule has 0 aliphatic carbocycles. The van der Waals surface area contributed by atoms with Gasteiger partial charge in [-0.3, -0.25) is 4.79 Å². The number of aromatic nitrogens is 2. The largest absolute Gasteiger partial charge is 0.494 e. The molecule has 1 amide bonds. The molecule has 32 heavy (non-hydrogen) atoms. The molecule has 3 aromatic rings. The van der Waals surface area contributed by atoms with Gasteiger partial charge in [-0.1, -0.05) is 11.6 Å². The topological polar surface area (TPSA) is 97.4 Å². The standard InChI is InChI=1S/C22H23ClFN5O3/c1-31-20-11-17-14(10-18(20)29-22(30)16-3-2-7-25-16)21(27-12-26-17)28-13-4-5-19(15(23)9-13)32-8-6-24/h4-5,9-12,16,25H,2-3,6-8H2,1H3,(H,29,30)(H,26,27,28)/t16-/m0/s1. The van der Waals surface area contributed by atoms with E-state index in [0.29, 0.717) is 44.6 Å². The van der Waals surface area contributed by atoms with E-state index in [1.165, 1.54) is 6.33 Å². The van der Waals surface area contributed by atoms with Crippen LogP contribution in [0.25, 0.3) is 10.9 Å². The van der Waals surface area contributed by atoms with E-state index in [0.717, 1.165) is 19.4 Å². The summed E-state index contributed by atoms with van der Waals surface area (Å²) in [6.07, 6.45) is 3.20. The number of halogens is 2. The van der Waals surface area contributed by atoms with Gasteiger partial charge in [-0.2, -0.15) is 0 Å². The summed E-state index contributed by atoms with van der Waals surface area (Å²) in [4.78, 5) is 21.3. The first-order chi connectivity index (χ1) is 15.6. The summed E-state index contributed by atoms with van der Waals surface area (Å²) in [5.74, 6) is 1.33. The molecule has 8 nitrogen and oxygen atoms in total. The predicted octanol–water partition coefficient (Wildman–Crippen LogP) is 4.07. The van der Waals surface area contributed by atoms with Gasteiger partial charge in [0.15, 0.2) is 0 Å². The lowest BCUT2D eigenvalue weighted by atomic mass is 10.1. The van der Waals surface area contributed by atoms with E-state index in [9.17, 15) is 9.18 Å². The number of benzene rings is 2. The number of hydrogen-bond donors (Lipinski definition) is 3. The van der Waals surface area contributed by atoms with Crippen molar-refractivity contribution < 1.29 is 18.7 Å². The number of methoxy groups -OCH3 is 1. The molecule has 1 aliphatic rings. The number of fused-ring (bicyclic) bond motifs is 1. The maximum absolute atomic E-state index is 12.6. The van der Waals surface area contributed by atoms with Crippen molar-refractivity contribution in [2.45, 2.75) is 18.9 Å². The molecule has 0 unspecified atom stereocenters. The van der Waals surface area contributed by atoms with Crippen LogP contribution in [0.4, 0.5) is 21.6 Å². The maximum Gasteiger partial charge on any atom is 0.241 e. The molecule has 0 spiro atoms. The van der Waals surface area contributed by atoms with Gasteiger partial charge in [0.05, 0.1) is 29.4 Å². The molecular formula is C22H23ClFN5O3. The van der Waals surface area contributed by atoms with Gasteiger partial charge in [0.1, 0.15) is 36.9 Å². The Kier molecular flexibility index (Phi) is 6.87. The molecule has 1 aliphatic heterocycles. The number of hydrogen-bond acceptors (Lipinski definition) is 7. The summed E-state index contributed by atoms with van der Waals surface area (Å²) in [5, 5.41) is 10.4. The molecule has 2 aromatic carbocycles. The highest BCUT2D eigenvalue weighted by atomic mass is 35.5. The van der Waals surface area contributed by atoms with Gasteiger partial charge in [-0.15, -0.1) is 0 Å². The highest BCUT2D eigenvalue weighted by molar-refractivity contribution is 6.32. The van der Waals surface area contributed by atoms with Crippen molar-refractivity contribution in [3.8, 4) is 11.5 Å². The lowest BCUT2D eigenvalue weighted by molar-refractivity contribution is -0.117. The number of rotatable bonds is 8. The lowest BCUT2D eigenvalue weighted by Crippen LogP contribution is -2.35. The average molecular weight is 460 g/mol. The van der Waals surface area contributed by atoms with Crippen LogP contribution in [0.5, 0.6) is 11.5 Å². The molecule has 168 valence electrons. The molecule has 1 aromatic heterocycles. The van der Waals surface area contributed by atoms with Crippen molar-refractivity contribution in [3.05, 3.63) is 41.7 Å². The molecule has 0 radical (unpaired) electrons. The van der Waals surface area contributed by atoms with Crippen LogP contribution in [0.1, 0.15) is 12.8 Å². The highest BCUT2D eigenvalue weighted by Gasteiger charge is 2.23. The van der Waals surface area contributed by atoms with Gasteiger partial charge < -0.3 is 25.4 Å². The van der Waals surface area contributed by atoms with Crippen LogP contribution in [-0.4, -0.2) is 48.9 Å². The monoisotopic (exact) mass is 459 g/mol. The third-order valence-electron chi connectivity index (χ3n) is 5.12. The molecule has 1 saturated heterocycles. The highest BCUT2D eigenvalue weighted by Crippen LogP contribution is 2.34. The van der Waals surface area contributed by atoms with Crippen molar-refractivity contribution in [1.82, 2.24) is 15.3 Å². The minimum absolute atomic E-state index is 0.0598. The number of alkyl halides is 1. The number of nitrogens with one attached hydrogen (secondary N) is 3. The molecular weight excluding hydrogens is 437 g/mol. The van der Waals surface area contributed by atoms with Gasteiger partial charge in [-0.05, 0) is 43.7 Å². The number of ether oxygens (including phenoxy) is 2. The average Bonchev–Trinajstić information content (AvgIpc) is 3.34. The Balaban J connectivity index is 1.63. The van der Waals surface area contributed by atoms with Gasteiger partial charge in [-0.25, -0.2) is 14.4 Å². The zero-order chi connectivity index (χ0) is 22.5. The van der Waals surface area contributed by atoms with E-state index in [1.54, 1.807) is 37.4 Å². The van der Waals surface area contributed by atoms with Crippen LogP contribution < -0.4 is 25.4 Å². The molecule has 0 saturated carbocycles. The summed E-state index contributed by atoms with van der Waals surface area (Å²) in [5.41, 5.74) is 1.84. The van der Waals surface area contributed by atoms with Crippen molar-refractivity contribution >= 4 is 45.6 Å². The Labute approximate surface area is 189 Å². The summed E-state index contributed by atoms with van der Waals surface area (Å²) < 4.78 is 23.1. The minimum atomic E-state index is -0.595. The Bertz CT molecular complexity index is 1120. The Hall–Kier alpha value is -3.17. The van der Waals surface area contributed by atoms with E-state index in [-0.39, 0.29) is 18.6 Å². The van der Waals surface area contributed by atoms with Crippen molar-refractivity contribution in [3.63, 3.8) is 0 Å². The second-order valence-corrected chi connectivity index (χ2v) is 7.64. The van der Waals surface area contributed by atoms with Crippen molar-refractivity contribution in [1.29, 1.82) is 0 Å². The summed E-state index contributed by atoms with van der Waals surface area (Å²) >= 11 is 6.24. The number of carbonyl (C=O) groups excluding carboxylic acids is 1. The number of nitrogens with zero attached hydrogens (tertiary/aromatic N) is 2. The van der Waals surface area contributed by atoms with E-state index in [2.05, 4.69) is 25.9 Å². The molecule has 1 atom stereocenters. The normalized spacial score (nSPS) is 15.5. The predicted molar refractivity (Wildman–Crippen MR) is 122 cm³/mol. The SMILES string of the molecule is COc1cc2ncnc(Nc3ccc(OCCF)c(Cl)c3)c2cc1NC(=O)[C@@H]1CCCN1. The third-order valence-corrected chi connectivity index (χ3v) is 5.42. The Morgan fingerprint density at radius 3 is 2.88 bits per heavy atom. The van der Waals surface area contributed by atoms with Crippen LogP contribution >= 0.6 is 11.6 Å². The second-order valence-electron chi connectivity index (χ2n) is 7.24. The summed E-state index contributed by atoms with van der Waals surface area (Å²) in [6, 6.07) is 8.39. The Morgan fingerprint density at radius 2 is 2.16 bits per heavy atom. The van der Waals surface area contributed by atoms with Crippen LogP contribution in [-0.2, 0) is 4.79 Å². The van der Waals surface area contributed by atoms with Crippen LogP contribution in [0.3, 0.4) is 0 Å². The fourth-order valence-corrected chi connectivity index (χ4v) is 3.79. The molecule has 4 rings (SSSR count). The number of amides is 1. The minimum Gasteiger partial charge on any atom is -0.494 e. The van der Waals surface area contributed by atoms with Crippen LogP contribution in [0, 0.1) is 0 Å². The van der Waals surface area contributed by atoms with E-state index >= 15 is 0 Å². The third kappa shape index (κ3) is 4.84. The van der Waals surface area contributed by atoms with Gasteiger partial charge >= 0.3 is 0 Å². The summed E-state index contributed by atoms with van der Waals surface area (Å²) in [7, 11) is 1.54. The van der Waals surface area contributed by atoms with E-state index in [1.807, 2.05) is 0 Å². The first kappa shape index (κ1) is 22.0. The van der Waals surface area contributed by atoms with Crippen LogP contribution in [0.2, 0.25) is 5.02 Å². The maximum atomic E-state index is 12.6. The number of anilines is 3. The smallest absolute Gasteiger partial charge is 0.241 e. The molecule has 2 heterocycles. The zero-order valence-electron chi connectivity index (χ0n) is 17.5. The lowest BCUT2D eigenvalue weighted by Gasteiger charge is -2.16.